The third kappa shape index (κ3) is 3.29. The van der Waals surface area contributed by atoms with Crippen LogP contribution in [-0.4, -0.2) is 42.8 Å². The van der Waals surface area contributed by atoms with E-state index in [9.17, 15) is 0 Å². The van der Waals surface area contributed by atoms with Crippen LogP contribution in [0.1, 0.15) is 12.5 Å². The monoisotopic (exact) mass is 348 g/mol. The number of rotatable bonds is 3. The molecule has 0 amide bonds. The zero-order chi connectivity index (χ0) is 12.3. The Balaban J connectivity index is 2.12. The quantitative estimate of drug-likeness (QED) is 0.782. The van der Waals surface area contributed by atoms with Crippen molar-refractivity contribution in [2.45, 2.75) is 19.6 Å². The van der Waals surface area contributed by atoms with E-state index in [-0.39, 0.29) is 0 Å². The second kappa shape index (κ2) is 5.97. The maximum absolute atomic E-state index is 5.54. The van der Waals surface area contributed by atoms with Crippen molar-refractivity contribution < 1.29 is 9.47 Å². The molecule has 1 fully saturated rings. The van der Waals surface area contributed by atoms with E-state index >= 15 is 0 Å². The zero-order valence-electron chi connectivity index (χ0n) is 10.1. The normalized spacial score (nSPS) is 21.5. The third-order valence-corrected chi connectivity index (χ3v) is 3.87. The van der Waals surface area contributed by atoms with Crippen LogP contribution in [0.15, 0.2) is 12.3 Å². The standard InChI is InChI=1S/C12H17IN2O2/c1-9-7-15(5-6-17-9)8-10-11(13)3-4-14-12(10)16-2/h3-4,9H,5-8H2,1-2H3/t9-/m0/s1. The van der Waals surface area contributed by atoms with Crippen molar-refractivity contribution in [2.75, 3.05) is 26.8 Å². The molecule has 4 nitrogen and oxygen atoms in total. The van der Waals surface area contributed by atoms with Gasteiger partial charge in [-0.05, 0) is 35.6 Å². The first kappa shape index (κ1) is 13.0. The molecule has 0 saturated carbocycles. The van der Waals surface area contributed by atoms with Crippen molar-refractivity contribution in [1.29, 1.82) is 0 Å². The van der Waals surface area contributed by atoms with Gasteiger partial charge in [-0.25, -0.2) is 4.98 Å². The molecule has 0 spiro atoms. The Morgan fingerprint density at radius 2 is 2.47 bits per heavy atom. The smallest absolute Gasteiger partial charge is 0.218 e. The summed E-state index contributed by atoms with van der Waals surface area (Å²) in [5.74, 6) is 0.732. The van der Waals surface area contributed by atoms with Gasteiger partial charge in [0.15, 0.2) is 0 Å². The summed E-state index contributed by atoms with van der Waals surface area (Å²) in [6, 6.07) is 2.02. The number of nitrogens with zero attached hydrogens (tertiary/aromatic N) is 2. The summed E-state index contributed by atoms with van der Waals surface area (Å²) in [5.41, 5.74) is 1.17. The van der Waals surface area contributed by atoms with Crippen LogP contribution in [0.5, 0.6) is 5.88 Å². The van der Waals surface area contributed by atoms with Crippen LogP contribution in [0.25, 0.3) is 0 Å². The number of pyridine rings is 1. The molecule has 5 heteroatoms. The Hall–Kier alpha value is -0.400. The molecular formula is C12H17IN2O2. The Morgan fingerprint density at radius 1 is 1.65 bits per heavy atom. The molecule has 0 N–H and O–H groups in total. The van der Waals surface area contributed by atoms with E-state index in [0.29, 0.717) is 6.10 Å². The fourth-order valence-electron chi connectivity index (χ4n) is 2.03. The molecule has 1 aromatic rings. The first-order chi connectivity index (χ1) is 8.20. The molecule has 2 heterocycles. The first-order valence-corrected chi connectivity index (χ1v) is 6.80. The largest absolute Gasteiger partial charge is 0.481 e. The number of morpholine rings is 1. The number of aromatic nitrogens is 1. The van der Waals surface area contributed by atoms with Gasteiger partial charge in [0, 0.05) is 35.0 Å². The van der Waals surface area contributed by atoms with Crippen LogP contribution in [0.4, 0.5) is 0 Å². The van der Waals surface area contributed by atoms with Crippen molar-refractivity contribution >= 4 is 22.6 Å². The second-order valence-corrected chi connectivity index (χ2v) is 5.36. The molecule has 17 heavy (non-hydrogen) atoms. The maximum atomic E-state index is 5.54. The van der Waals surface area contributed by atoms with Crippen LogP contribution in [0.3, 0.4) is 0 Å². The predicted molar refractivity (Wildman–Crippen MR) is 74.2 cm³/mol. The minimum Gasteiger partial charge on any atom is -0.481 e. The highest BCUT2D eigenvalue weighted by atomic mass is 127. The minimum atomic E-state index is 0.309. The summed E-state index contributed by atoms with van der Waals surface area (Å²) in [6.45, 7) is 5.73. The van der Waals surface area contributed by atoms with Crippen molar-refractivity contribution in [3.05, 3.63) is 21.4 Å². The minimum absolute atomic E-state index is 0.309. The van der Waals surface area contributed by atoms with Crippen LogP contribution in [-0.2, 0) is 11.3 Å². The lowest BCUT2D eigenvalue weighted by molar-refractivity contribution is -0.0215. The molecule has 1 saturated heterocycles. The third-order valence-electron chi connectivity index (χ3n) is 2.86. The van der Waals surface area contributed by atoms with Gasteiger partial charge in [-0.2, -0.15) is 0 Å². The lowest BCUT2D eigenvalue weighted by atomic mass is 10.2. The molecule has 0 unspecified atom stereocenters. The molecule has 1 atom stereocenters. The maximum Gasteiger partial charge on any atom is 0.218 e. The van der Waals surface area contributed by atoms with Crippen LogP contribution in [0, 0.1) is 3.57 Å². The van der Waals surface area contributed by atoms with Gasteiger partial charge < -0.3 is 9.47 Å². The first-order valence-electron chi connectivity index (χ1n) is 5.72. The van der Waals surface area contributed by atoms with Crippen molar-refractivity contribution in [1.82, 2.24) is 9.88 Å². The molecule has 1 aliphatic rings. The fraction of sp³-hybridized carbons (Fsp3) is 0.583. The summed E-state index contributed by atoms with van der Waals surface area (Å²) >= 11 is 2.33. The van der Waals surface area contributed by atoms with E-state index in [4.69, 9.17) is 9.47 Å². The average molecular weight is 348 g/mol. The van der Waals surface area contributed by atoms with E-state index in [1.54, 1.807) is 13.3 Å². The van der Waals surface area contributed by atoms with E-state index in [1.807, 2.05) is 6.07 Å². The number of hydrogen-bond donors (Lipinski definition) is 0. The number of halogens is 1. The summed E-state index contributed by atoms with van der Waals surface area (Å²) in [4.78, 5) is 6.64. The highest BCUT2D eigenvalue weighted by Gasteiger charge is 2.19. The molecule has 1 aromatic heterocycles. The van der Waals surface area contributed by atoms with Crippen LogP contribution in [0.2, 0.25) is 0 Å². The Kier molecular flexibility index (Phi) is 4.58. The van der Waals surface area contributed by atoms with Gasteiger partial charge in [-0.3, -0.25) is 4.90 Å². The van der Waals surface area contributed by atoms with Gasteiger partial charge in [0.1, 0.15) is 0 Å². The molecule has 94 valence electrons. The molecule has 2 rings (SSSR count). The van der Waals surface area contributed by atoms with Gasteiger partial charge in [-0.15, -0.1) is 0 Å². The summed E-state index contributed by atoms with van der Waals surface area (Å²) in [5, 5.41) is 0. The SMILES string of the molecule is COc1nccc(I)c1CN1CCO[C@@H](C)C1. The summed E-state index contributed by atoms with van der Waals surface area (Å²) in [7, 11) is 1.67. The van der Waals surface area contributed by atoms with Gasteiger partial charge in [0.2, 0.25) is 5.88 Å². The zero-order valence-corrected chi connectivity index (χ0v) is 12.3. The van der Waals surface area contributed by atoms with E-state index in [2.05, 4.69) is 39.4 Å². The fourth-order valence-corrected chi connectivity index (χ4v) is 2.59. The molecule has 1 aliphatic heterocycles. The lowest BCUT2D eigenvalue weighted by Crippen LogP contribution is -2.40. The van der Waals surface area contributed by atoms with Gasteiger partial charge >= 0.3 is 0 Å². The van der Waals surface area contributed by atoms with E-state index in [1.165, 1.54) is 9.13 Å². The number of hydrogen-bond acceptors (Lipinski definition) is 4. The Morgan fingerprint density at radius 3 is 3.18 bits per heavy atom. The molecular weight excluding hydrogens is 331 g/mol. The van der Waals surface area contributed by atoms with Crippen molar-refractivity contribution in [3.63, 3.8) is 0 Å². The average Bonchev–Trinajstić information content (AvgIpc) is 2.32. The highest BCUT2D eigenvalue weighted by Crippen LogP contribution is 2.23. The molecule has 0 aromatic carbocycles. The summed E-state index contributed by atoms with van der Waals surface area (Å²) in [6.07, 6.45) is 2.09. The topological polar surface area (TPSA) is 34.6 Å². The van der Waals surface area contributed by atoms with Gasteiger partial charge in [0.05, 0.1) is 19.8 Å². The number of methoxy groups -OCH3 is 1. The summed E-state index contributed by atoms with van der Waals surface area (Å²) < 4.78 is 12.1. The molecule has 0 bridgehead atoms. The molecule has 0 aliphatic carbocycles. The van der Waals surface area contributed by atoms with Crippen LogP contribution < -0.4 is 4.74 Å². The van der Waals surface area contributed by atoms with E-state index < -0.39 is 0 Å². The Bertz CT molecular complexity index is 387. The molecule has 0 radical (unpaired) electrons. The van der Waals surface area contributed by atoms with Gasteiger partial charge in [0.25, 0.3) is 0 Å². The van der Waals surface area contributed by atoms with E-state index in [0.717, 1.165) is 32.1 Å². The predicted octanol–water partition coefficient (Wildman–Crippen LogP) is 1.92. The van der Waals surface area contributed by atoms with Crippen molar-refractivity contribution in [2.24, 2.45) is 0 Å². The second-order valence-electron chi connectivity index (χ2n) is 4.20. The number of ether oxygens (including phenoxy) is 2. The van der Waals surface area contributed by atoms with Crippen molar-refractivity contribution in [3.8, 4) is 5.88 Å². The van der Waals surface area contributed by atoms with Gasteiger partial charge in [-0.1, -0.05) is 0 Å². The Labute approximate surface area is 115 Å². The highest BCUT2D eigenvalue weighted by molar-refractivity contribution is 14.1. The van der Waals surface area contributed by atoms with Crippen LogP contribution >= 0.6 is 22.6 Å². The lowest BCUT2D eigenvalue weighted by Gasteiger charge is -2.31.